The highest BCUT2D eigenvalue weighted by Gasteiger charge is 2.22. The van der Waals surface area contributed by atoms with E-state index in [0.29, 0.717) is 0 Å². The zero-order valence-electron chi connectivity index (χ0n) is 30.8. The number of aromatic nitrogens is 3. The Balaban J connectivity index is 1.13. The number of para-hydroxylation sites is 2. The quantitative estimate of drug-likeness (QED) is 0.172. The Bertz CT molecular complexity index is 3440. The van der Waals surface area contributed by atoms with Crippen LogP contribution in [0.2, 0.25) is 0 Å². The molecule has 0 spiro atoms. The van der Waals surface area contributed by atoms with Crippen molar-refractivity contribution in [2.45, 2.75) is 0 Å². The molecule has 0 aliphatic rings. The first-order chi connectivity index (χ1) is 28.3. The van der Waals surface area contributed by atoms with Crippen molar-refractivity contribution in [2.75, 3.05) is 0 Å². The fourth-order valence-corrected chi connectivity index (χ4v) is 10.0. The number of thiophene rings is 1. The third kappa shape index (κ3) is 5.01. The van der Waals surface area contributed by atoms with Gasteiger partial charge in [0.25, 0.3) is 0 Å². The molecule has 0 N–H and O–H groups in total. The van der Waals surface area contributed by atoms with E-state index in [0.717, 1.165) is 45.0 Å². The lowest BCUT2D eigenvalue weighted by atomic mass is 9.99. The molecule has 0 fully saturated rings. The van der Waals surface area contributed by atoms with E-state index in [2.05, 4.69) is 209 Å². The normalized spacial score (nSPS) is 11.9. The Morgan fingerprint density at radius 2 is 0.930 bits per heavy atom. The highest BCUT2D eigenvalue weighted by molar-refractivity contribution is 7.26. The maximum absolute atomic E-state index is 5.16. The van der Waals surface area contributed by atoms with Gasteiger partial charge in [-0.15, -0.1) is 11.3 Å². The molecule has 0 radical (unpaired) electrons. The SMILES string of the molecule is c1ccc(-c2cc(-c3cccc(-n4c5ccccc5c5cc6c7ccc8sc9ccccc9c8c7n(-c7ccccc7)c6cc54)c3)cc(-c3ccccc3)n2)cc1. The molecule has 12 rings (SSSR count). The lowest BCUT2D eigenvalue weighted by Gasteiger charge is -2.13. The van der Waals surface area contributed by atoms with Gasteiger partial charge in [0, 0.05) is 64.2 Å². The molecule has 0 saturated carbocycles. The Morgan fingerprint density at radius 1 is 0.333 bits per heavy atom. The molecule has 0 saturated heterocycles. The number of pyridine rings is 1. The van der Waals surface area contributed by atoms with Crippen LogP contribution < -0.4 is 0 Å². The van der Waals surface area contributed by atoms with E-state index in [1.54, 1.807) is 0 Å². The second-order valence-corrected chi connectivity index (χ2v) is 15.8. The molecular formula is C53H33N3S. The molecule has 0 aliphatic heterocycles. The van der Waals surface area contributed by atoms with E-state index in [1.165, 1.54) is 63.8 Å². The minimum absolute atomic E-state index is 0.956. The topological polar surface area (TPSA) is 22.8 Å². The van der Waals surface area contributed by atoms with Gasteiger partial charge in [0.1, 0.15) is 0 Å². The van der Waals surface area contributed by atoms with Gasteiger partial charge in [-0.2, -0.15) is 0 Å². The Labute approximate surface area is 333 Å². The maximum Gasteiger partial charge on any atom is 0.0715 e. The average molecular weight is 744 g/mol. The summed E-state index contributed by atoms with van der Waals surface area (Å²) < 4.78 is 7.57. The fourth-order valence-electron chi connectivity index (χ4n) is 8.93. The van der Waals surface area contributed by atoms with E-state index in [9.17, 15) is 0 Å². The van der Waals surface area contributed by atoms with Crippen molar-refractivity contribution in [1.82, 2.24) is 14.1 Å². The van der Waals surface area contributed by atoms with Crippen LogP contribution in [0.3, 0.4) is 0 Å². The van der Waals surface area contributed by atoms with Gasteiger partial charge in [0.2, 0.25) is 0 Å². The van der Waals surface area contributed by atoms with E-state index in [-0.39, 0.29) is 0 Å². The van der Waals surface area contributed by atoms with Crippen LogP contribution in [-0.2, 0) is 0 Å². The smallest absolute Gasteiger partial charge is 0.0715 e. The minimum atomic E-state index is 0.956. The summed E-state index contributed by atoms with van der Waals surface area (Å²) in [7, 11) is 0. The van der Waals surface area contributed by atoms with Crippen LogP contribution in [-0.4, -0.2) is 14.1 Å². The van der Waals surface area contributed by atoms with Gasteiger partial charge in [-0.05, 0) is 77.9 Å². The highest BCUT2D eigenvalue weighted by atomic mass is 32.1. The Morgan fingerprint density at radius 3 is 1.68 bits per heavy atom. The van der Waals surface area contributed by atoms with Crippen molar-refractivity contribution in [3.8, 4) is 45.0 Å². The standard InChI is InChI=1S/C53H33N3S/c1-4-15-34(16-5-1)45-30-37(31-46(54-45)35-17-6-2-7-18-35)36-19-14-22-39(29-36)55-47-25-12-10-23-40(47)43-32-44-41-27-28-51-52(42-24-11-13-26-50(42)57-51)53(41)56(49(44)33-48(43)55)38-20-8-3-9-21-38/h1-33H. The third-order valence-corrected chi connectivity index (χ3v) is 12.6. The minimum Gasteiger partial charge on any atom is -0.309 e. The summed E-state index contributed by atoms with van der Waals surface area (Å²) in [5, 5.41) is 7.64. The molecule has 0 unspecified atom stereocenters. The number of benzene rings is 8. The van der Waals surface area contributed by atoms with E-state index < -0.39 is 0 Å². The number of rotatable bonds is 5. The van der Waals surface area contributed by atoms with Crippen molar-refractivity contribution in [2.24, 2.45) is 0 Å². The van der Waals surface area contributed by atoms with Crippen molar-refractivity contribution < 1.29 is 0 Å². The second kappa shape index (κ2) is 12.6. The van der Waals surface area contributed by atoms with Crippen LogP contribution in [0.15, 0.2) is 200 Å². The van der Waals surface area contributed by atoms with Gasteiger partial charge in [-0.25, -0.2) is 4.98 Å². The summed E-state index contributed by atoms with van der Waals surface area (Å²) in [6, 6.07) is 72.5. The van der Waals surface area contributed by atoms with Crippen molar-refractivity contribution in [3.63, 3.8) is 0 Å². The van der Waals surface area contributed by atoms with Gasteiger partial charge >= 0.3 is 0 Å². The van der Waals surface area contributed by atoms with Crippen molar-refractivity contribution in [1.29, 1.82) is 0 Å². The lowest BCUT2D eigenvalue weighted by molar-refractivity contribution is 1.17. The first kappa shape index (κ1) is 32.0. The van der Waals surface area contributed by atoms with Gasteiger partial charge in [0.15, 0.2) is 0 Å². The van der Waals surface area contributed by atoms with Gasteiger partial charge < -0.3 is 9.13 Å². The van der Waals surface area contributed by atoms with E-state index >= 15 is 0 Å². The van der Waals surface area contributed by atoms with Crippen molar-refractivity contribution >= 4 is 75.1 Å². The predicted molar refractivity (Wildman–Crippen MR) is 242 cm³/mol. The molecule has 3 nitrogen and oxygen atoms in total. The molecule has 0 amide bonds. The summed E-state index contributed by atoms with van der Waals surface area (Å²) >= 11 is 1.87. The molecule has 8 aromatic carbocycles. The van der Waals surface area contributed by atoms with E-state index in [1.807, 2.05) is 11.3 Å². The van der Waals surface area contributed by atoms with Crippen LogP contribution in [0.5, 0.6) is 0 Å². The molecule has 4 heteroatoms. The predicted octanol–water partition coefficient (Wildman–Crippen LogP) is 14.6. The molecular weight excluding hydrogens is 711 g/mol. The summed E-state index contributed by atoms with van der Waals surface area (Å²) in [5.74, 6) is 0. The third-order valence-electron chi connectivity index (χ3n) is 11.5. The Hall–Kier alpha value is -7.27. The number of hydrogen-bond donors (Lipinski definition) is 0. The highest BCUT2D eigenvalue weighted by Crippen LogP contribution is 2.45. The van der Waals surface area contributed by atoms with Crippen LogP contribution in [0.25, 0.3) is 109 Å². The largest absolute Gasteiger partial charge is 0.309 e. The van der Waals surface area contributed by atoms with Gasteiger partial charge in [-0.3, -0.25) is 0 Å². The van der Waals surface area contributed by atoms with E-state index in [4.69, 9.17) is 4.98 Å². The van der Waals surface area contributed by atoms with Crippen LogP contribution >= 0.6 is 11.3 Å². The maximum atomic E-state index is 5.16. The number of hydrogen-bond acceptors (Lipinski definition) is 2. The second-order valence-electron chi connectivity index (χ2n) is 14.8. The summed E-state index contributed by atoms with van der Waals surface area (Å²) in [6.07, 6.45) is 0. The molecule has 4 aromatic heterocycles. The zero-order chi connectivity index (χ0) is 37.5. The molecule has 4 heterocycles. The average Bonchev–Trinajstić information content (AvgIpc) is 3.93. The van der Waals surface area contributed by atoms with Crippen LogP contribution in [0, 0.1) is 0 Å². The van der Waals surface area contributed by atoms with Gasteiger partial charge in [0.05, 0.1) is 33.5 Å². The summed E-state index contributed by atoms with van der Waals surface area (Å²) in [4.78, 5) is 5.16. The Kier molecular flexibility index (Phi) is 7.10. The lowest BCUT2D eigenvalue weighted by Crippen LogP contribution is -1.97. The molecule has 57 heavy (non-hydrogen) atoms. The zero-order valence-corrected chi connectivity index (χ0v) is 31.6. The van der Waals surface area contributed by atoms with Crippen molar-refractivity contribution in [3.05, 3.63) is 200 Å². The molecule has 0 atom stereocenters. The summed E-state index contributed by atoms with van der Waals surface area (Å²) in [5.41, 5.74) is 13.5. The molecule has 0 bridgehead atoms. The van der Waals surface area contributed by atoms with Crippen LogP contribution in [0.1, 0.15) is 0 Å². The monoisotopic (exact) mass is 743 g/mol. The number of nitrogens with zero attached hydrogens (tertiary/aromatic N) is 3. The van der Waals surface area contributed by atoms with Gasteiger partial charge in [-0.1, -0.05) is 133 Å². The molecule has 12 aromatic rings. The first-order valence-electron chi connectivity index (χ1n) is 19.4. The fraction of sp³-hybridized carbons (Fsp3) is 0. The first-order valence-corrected chi connectivity index (χ1v) is 20.2. The number of fused-ring (bicyclic) bond motifs is 10. The summed E-state index contributed by atoms with van der Waals surface area (Å²) in [6.45, 7) is 0. The van der Waals surface area contributed by atoms with Crippen LogP contribution in [0.4, 0.5) is 0 Å². The molecule has 0 aliphatic carbocycles. The molecule has 266 valence electrons.